The highest BCUT2D eigenvalue weighted by molar-refractivity contribution is 5.81. The minimum atomic E-state index is -0.688. The topological polar surface area (TPSA) is 107 Å². The van der Waals surface area contributed by atoms with Crippen molar-refractivity contribution in [3.8, 4) is 5.75 Å². The standard InChI is InChI=1S/C13H10FN3O5/c14-9-1-3-10(4-2-9)21-8-12(18)16-15-7-11-5-6-13(22-11)17(19)20/h1-7H,8H2,(H,16,18)/b15-7+. The van der Waals surface area contributed by atoms with Crippen LogP contribution >= 0.6 is 0 Å². The van der Waals surface area contributed by atoms with Crippen LogP contribution < -0.4 is 10.2 Å². The van der Waals surface area contributed by atoms with Crippen LogP contribution in [0.2, 0.25) is 0 Å². The van der Waals surface area contributed by atoms with Crippen molar-refractivity contribution in [2.75, 3.05) is 6.61 Å². The van der Waals surface area contributed by atoms with Crippen LogP contribution in [0.15, 0.2) is 45.9 Å². The molecule has 0 saturated heterocycles. The van der Waals surface area contributed by atoms with Gasteiger partial charge in [0.1, 0.15) is 16.5 Å². The van der Waals surface area contributed by atoms with Gasteiger partial charge in [0.15, 0.2) is 12.4 Å². The monoisotopic (exact) mass is 307 g/mol. The predicted octanol–water partition coefficient (Wildman–Crippen LogP) is 1.86. The highest BCUT2D eigenvalue weighted by Gasteiger charge is 2.10. The van der Waals surface area contributed by atoms with E-state index in [0.29, 0.717) is 5.75 Å². The van der Waals surface area contributed by atoms with Gasteiger partial charge in [-0.2, -0.15) is 5.10 Å². The molecular weight excluding hydrogens is 297 g/mol. The molecular formula is C13H10FN3O5. The molecule has 0 aliphatic carbocycles. The van der Waals surface area contributed by atoms with Crippen molar-refractivity contribution in [2.24, 2.45) is 5.10 Å². The van der Waals surface area contributed by atoms with E-state index in [2.05, 4.69) is 10.5 Å². The summed E-state index contributed by atoms with van der Waals surface area (Å²) in [6.07, 6.45) is 1.11. The lowest BCUT2D eigenvalue weighted by Gasteiger charge is -2.04. The second-order valence-corrected chi connectivity index (χ2v) is 3.97. The molecule has 0 aliphatic rings. The molecule has 22 heavy (non-hydrogen) atoms. The summed E-state index contributed by atoms with van der Waals surface area (Å²) >= 11 is 0. The van der Waals surface area contributed by atoms with Crippen LogP contribution in [0.5, 0.6) is 5.75 Å². The maximum atomic E-state index is 12.7. The smallest absolute Gasteiger partial charge is 0.433 e. The first-order valence-electron chi connectivity index (χ1n) is 5.99. The molecule has 0 saturated carbocycles. The van der Waals surface area contributed by atoms with Gasteiger partial charge in [-0.3, -0.25) is 14.9 Å². The van der Waals surface area contributed by atoms with Crippen molar-refractivity contribution in [3.63, 3.8) is 0 Å². The molecule has 1 amide bonds. The molecule has 1 aromatic carbocycles. The van der Waals surface area contributed by atoms with Crippen LogP contribution in [0, 0.1) is 15.9 Å². The van der Waals surface area contributed by atoms with Crippen molar-refractivity contribution in [2.45, 2.75) is 0 Å². The number of hydrazone groups is 1. The van der Waals surface area contributed by atoms with Crippen molar-refractivity contribution in [1.82, 2.24) is 5.43 Å². The zero-order chi connectivity index (χ0) is 15.9. The molecule has 1 heterocycles. The first-order valence-corrected chi connectivity index (χ1v) is 5.99. The summed E-state index contributed by atoms with van der Waals surface area (Å²) in [5.74, 6) is -0.934. The van der Waals surface area contributed by atoms with Gasteiger partial charge < -0.3 is 9.15 Å². The molecule has 1 aromatic heterocycles. The van der Waals surface area contributed by atoms with Gasteiger partial charge in [0.05, 0.1) is 12.3 Å². The van der Waals surface area contributed by atoms with Gasteiger partial charge in [-0.15, -0.1) is 0 Å². The molecule has 0 spiro atoms. The molecule has 0 atom stereocenters. The normalized spacial score (nSPS) is 10.6. The van der Waals surface area contributed by atoms with Gasteiger partial charge in [-0.1, -0.05) is 0 Å². The highest BCUT2D eigenvalue weighted by atomic mass is 19.1. The Bertz CT molecular complexity index is 696. The number of nitro groups is 1. The summed E-state index contributed by atoms with van der Waals surface area (Å²) in [4.78, 5) is 21.1. The third-order valence-electron chi connectivity index (χ3n) is 2.36. The third kappa shape index (κ3) is 4.40. The molecule has 0 unspecified atom stereocenters. The van der Waals surface area contributed by atoms with Crippen LogP contribution in [0.1, 0.15) is 5.76 Å². The molecule has 0 radical (unpaired) electrons. The van der Waals surface area contributed by atoms with Crippen molar-refractivity contribution in [3.05, 3.63) is 58.1 Å². The Kier molecular flexibility index (Phi) is 4.81. The second kappa shape index (κ2) is 6.97. The Morgan fingerprint density at radius 1 is 1.36 bits per heavy atom. The average Bonchev–Trinajstić information content (AvgIpc) is 2.96. The van der Waals surface area contributed by atoms with Crippen LogP contribution in [-0.2, 0) is 4.79 Å². The molecule has 2 aromatic rings. The van der Waals surface area contributed by atoms with Crippen molar-refractivity contribution < 1.29 is 23.3 Å². The first-order chi connectivity index (χ1) is 10.5. The summed E-state index contributed by atoms with van der Waals surface area (Å²) in [6, 6.07) is 7.68. The number of hydrogen-bond acceptors (Lipinski definition) is 6. The molecule has 1 N–H and O–H groups in total. The summed E-state index contributed by atoms with van der Waals surface area (Å²) < 4.78 is 22.6. The number of carbonyl (C=O) groups excluding carboxylic acids is 1. The van der Waals surface area contributed by atoms with E-state index in [9.17, 15) is 19.3 Å². The zero-order valence-electron chi connectivity index (χ0n) is 11.1. The van der Waals surface area contributed by atoms with E-state index in [4.69, 9.17) is 9.15 Å². The van der Waals surface area contributed by atoms with Gasteiger partial charge in [0.25, 0.3) is 5.91 Å². The predicted molar refractivity (Wildman–Crippen MR) is 73.0 cm³/mol. The number of ether oxygens (including phenoxy) is 1. The zero-order valence-corrected chi connectivity index (χ0v) is 11.1. The third-order valence-corrected chi connectivity index (χ3v) is 2.36. The maximum absolute atomic E-state index is 12.7. The minimum Gasteiger partial charge on any atom is -0.484 e. The summed E-state index contributed by atoms with van der Waals surface area (Å²) in [5, 5.41) is 14.0. The molecule has 2 rings (SSSR count). The van der Waals surface area contributed by atoms with E-state index in [1.807, 2.05) is 0 Å². The minimum absolute atomic E-state index is 0.117. The van der Waals surface area contributed by atoms with E-state index < -0.39 is 22.5 Å². The molecule has 114 valence electrons. The Labute approximate surface area is 123 Å². The summed E-state index contributed by atoms with van der Waals surface area (Å²) in [7, 11) is 0. The Morgan fingerprint density at radius 2 is 2.09 bits per heavy atom. The Hall–Kier alpha value is -3.23. The molecule has 8 nitrogen and oxygen atoms in total. The molecule has 0 aliphatic heterocycles. The van der Waals surface area contributed by atoms with Crippen LogP contribution in [0.3, 0.4) is 0 Å². The largest absolute Gasteiger partial charge is 0.484 e. The number of rotatable bonds is 6. The van der Waals surface area contributed by atoms with Gasteiger partial charge in [-0.05, 0) is 30.3 Å². The van der Waals surface area contributed by atoms with E-state index in [1.165, 1.54) is 36.4 Å². The lowest BCUT2D eigenvalue weighted by atomic mass is 10.3. The SMILES string of the molecule is O=C(COc1ccc(F)cc1)N/N=C/c1ccc([N+](=O)[O-])o1. The summed E-state index contributed by atoms with van der Waals surface area (Å²) in [6.45, 7) is -0.318. The molecule has 9 heteroatoms. The summed E-state index contributed by atoms with van der Waals surface area (Å²) in [5.41, 5.74) is 2.15. The second-order valence-electron chi connectivity index (χ2n) is 3.97. The number of amides is 1. The Morgan fingerprint density at radius 3 is 2.73 bits per heavy atom. The first kappa shape index (κ1) is 15.2. The average molecular weight is 307 g/mol. The number of hydrogen-bond donors (Lipinski definition) is 1. The van der Waals surface area contributed by atoms with Crippen LogP contribution in [0.4, 0.5) is 10.3 Å². The van der Waals surface area contributed by atoms with E-state index >= 15 is 0 Å². The van der Waals surface area contributed by atoms with Gasteiger partial charge in [-0.25, -0.2) is 9.82 Å². The Balaban J connectivity index is 1.78. The maximum Gasteiger partial charge on any atom is 0.433 e. The van der Waals surface area contributed by atoms with Gasteiger partial charge in [0.2, 0.25) is 0 Å². The molecule has 0 bridgehead atoms. The van der Waals surface area contributed by atoms with Gasteiger partial charge in [0, 0.05) is 0 Å². The van der Waals surface area contributed by atoms with E-state index in [1.54, 1.807) is 0 Å². The number of carbonyl (C=O) groups is 1. The number of halogens is 1. The lowest BCUT2D eigenvalue weighted by Crippen LogP contribution is -2.24. The van der Waals surface area contributed by atoms with Gasteiger partial charge >= 0.3 is 5.88 Å². The van der Waals surface area contributed by atoms with Crippen molar-refractivity contribution in [1.29, 1.82) is 0 Å². The fourth-order valence-electron chi connectivity index (χ4n) is 1.39. The fraction of sp³-hybridized carbons (Fsp3) is 0.0769. The fourth-order valence-corrected chi connectivity index (χ4v) is 1.39. The number of nitrogens with one attached hydrogen (secondary N) is 1. The lowest BCUT2D eigenvalue weighted by molar-refractivity contribution is -0.402. The number of furan rings is 1. The van der Waals surface area contributed by atoms with E-state index in [0.717, 1.165) is 6.21 Å². The van der Waals surface area contributed by atoms with Crippen molar-refractivity contribution >= 4 is 18.0 Å². The number of benzene rings is 1. The molecule has 0 fully saturated rings. The highest BCUT2D eigenvalue weighted by Crippen LogP contribution is 2.13. The quantitative estimate of drug-likeness (QED) is 0.498. The van der Waals surface area contributed by atoms with Crippen LogP contribution in [-0.4, -0.2) is 23.7 Å². The number of nitrogens with zero attached hydrogens (tertiary/aromatic N) is 2. The van der Waals surface area contributed by atoms with Crippen LogP contribution in [0.25, 0.3) is 0 Å². The van der Waals surface area contributed by atoms with E-state index in [-0.39, 0.29) is 12.4 Å².